The maximum absolute atomic E-state index is 12.4. The number of hydrogen-bond donors (Lipinski definition) is 1. The molecular weight excluding hydrogens is 288 g/mol. The molecule has 1 aliphatic heterocycles. The van der Waals surface area contributed by atoms with Crippen LogP contribution in [0.3, 0.4) is 0 Å². The Bertz CT molecular complexity index is 536. The maximum atomic E-state index is 12.4. The molecule has 1 atom stereocenters. The number of aryl methyl sites for hydroxylation is 1. The van der Waals surface area contributed by atoms with Crippen LogP contribution in [0.2, 0.25) is 0 Å². The van der Waals surface area contributed by atoms with Crippen molar-refractivity contribution in [3.05, 3.63) is 29.3 Å². The number of anilines is 1. The highest BCUT2D eigenvalue weighted by Gasteiger charge is 2.24. The number of likely N-dealkylation sites (N-methyl/N-ethyl adjacent to an activating group) is 1. The van der Waals surface area contributed by atoms with Gasteiger partial charge in [-0.1, -0.05) is 12.1 Å². The first-order chi connectivity index (χ1) is 10.9. The normalized spacial score (nSPS) is 17.8. The third-order valence-electron chi connectivity index (χ3n) is 4.67. The van der Waals surface area contributed by atoms with E-state index in [0.29, 0.717) is 6.54 Å². The minimum Gasteiger partial charge on any atom is -0.377 e. The molecule has 1 heterocycles. The second-order valence-corrected chi connectivity index (χ2v) is 6.75. The fourth-order valence-corrected chi connectivity index (χ4v) is 3.04. The van der Waals surface area contributed by atoms with Gasteiger partial charge in [0.05, 0.1) is 6.04 Å². The van der Waals surface area contributed by atoms with Gasteiger partial charge in [-0.3, -0.25) is 9.69 Å². The zero-order valence-corrected chi connectivity index (χ0v) is 15.1. The van der Waals surface area contributed by atoms with Crippen LogP contribution < -0.4 is 10.2 Å². The quantitative estimate of drug-likeness (QED) is 0.888. The van der Waals surface area contributed by atoms with Gasteiger partial charge in [0, 0.05) is 52.5 Å². The monoisotopic (exact) mass is 318 g/mol. The Morgan fingerprint density at radius 1 is 1.26 bits per heavy atom. The highest BCUT2D eigenvalue weighted by atomic mass is 16.2. The molecule has 128 valence electrons. The van der Waals surface area contributed by atoms with Crippen molar-refractivity contribution in [3.8, 4) is 0 Å². The van der Waals surface area contributed by atoms with Gasteiger partial charge in [-0.05, 0) is 38.1 Å². The first-order valence-corrected chi connectivity index (χ1v) is 8.35. The minimum absolute atomic E-state index is 0.0640. The number of hydrogen-bond acceptors (Lipinski definition) is 4. The van der Waals surface area contributed by atoms with Gasteiger partial charge in [0.25, 0.3) is 0 Å². The summed E-state index contributed by atoms with van der Waals surface area (Å²) in [6.45, 7) is 8.68. The molecule has 1 aromatic carbocycles. The fourth-order valence-electron chi connectivity index (χ4n) is 3.04. The molecule has 0 spiro atoms. The minimum atomic E-state index is -0.0640. The summed E-state index contributed by atoms with van der Waals surface area (Å²) in [5.41, 5.74) is 3.59. The van der Waals surface area contributed by atoms with Crippen molar-refractivity contribution in [2.24, 2.45) is 0 Å². The molecule has 0 aliphatic carbocycles. The van der Waals surface area contributed by atoms with Gasteiger partial charge in [-0.2, -0.15) is 0 Å². The number of rotatable bonds is 5. The van der Waals surface area contributed by atoms with E-state index in [0.717, 1.165) is 31.7 Å². The van der Waals surface area contributed by atoms with E-state index < -0.39 is 0 Å². The second-order valence-electron chi connectivity index (χ2n) is 6.75. The number of piperazine rings is 1. The van der Waals surface area contributed by atoms with Crippen LogP contribution in [0.4, 0.5) is 5.69 Å². The van der Waals surface area contributed by atoms with Gasteiger partial charge >= 0.3 is 0 Å². The molecule has 1 aliphatic rings. The highest BCUT2D eigenvalue weighted by molar-refractivity contribution is 5.81. The average Bonchev–Trinajstić information content (AvgIpc) is 2.52. The molecule has 1 saturated heterocycles. The Balaban J connectivity index is 1.87. The molecule has 1 fully saturated rings. The van der Waals surface area contributed by atoms with Gasteiger partial charge in [0.1, 0.15) is 0 Å². The maximum Gasteiger partial charge on any atom is 0.237 e. The smallest absolute Gasteiger partial charge is 0.237 e. The number of nitrogens with one attached hydrogen (secondary N) is 1. The van der Waals surface area contributed by atoms with Crippen molar-refractivity contribution in [2.45, 2.75) is 26.4 Å². The van der Waals surface area contributed by atoms with E-state index in [2.05, 4.69) is 52.2 Å². The van der Waals surface area contributed by atoms with E-state index in [1.54, 1.807) is 0 Å². The summed E-state index contributed by atoms with van der Waals surface area (Å²) in [6.07, 6.45) is 0. The first kappa shape index (κ1) is 17.8. The molecule has 0 radical (unpaired) electrons. The van der Waals surface area contributed by atoms with Gasteiger partial charge < -0.3 is 15.1 Å². The highest BCUT2D eigenvalue weighted by Crippen LogP contribution is 2.19. The first-order valence-electron chi connectivity index (χ1n) is 8.35. The van der Waals surface area contributed by atoms with E-state index in [9.17, 15) is 4.79 Å². The number of nitrogens with zero attached hydrogens (tertiary/aromatic N) is 3. The lowest BCUT2D eigenvalue weighted by atomic mass is 10.1. The van der Waals surface area contributed by atoms with Crippen LogP contribution in [0.5, 0.6) is 0 Å². The van der Waals surface area contributed by atoms with Crippen LogP contribution >= 0.6 is 0 Å². The molecule has 0 aromatic heterocycles. The predicted molar refractivity (Wildman–Crippen MR) is 95.9 cm³/mol. The Morgan fingerprint density at radius 3 is 2.48 bits per heavy atom. The summed E-state index contributed by atoms with van der Waals surface area (Å²) in [6, 6.07) is 6.28. The molecule has 5 heteroatoms. The Morgan fingerprint density at radius 2 is 1.91 bits per heavy atom. The average molecular weight is 318 g/mol. The number of benzene rings is 1. The third kappa shape index (κ3) is 4.69. The van der Waals surface area contributed by atoms with Gasteiger partial charge in [-0.15, -0.1) is 0 Å². The van der Waals surface area contributed by atoms with Gasteiger partial charge in [-0.25, -0.2) is 0 Å². The summed E-state index contributed by atoms with van der Waals surface area (Å²) in [5.74, 6) is 0.115. The molecule has 0 saturated carbocycles. The van der Waals surface area contributed by atoms with Crippen molar-refractivity contribution < 1.29 is 4.79 Å². The van der Waals surface area contributed by atoms with Crippen LogP contribution in [0, 0.1) is 6.92 Å². The summed E-state index contributed by atoms with van der Waals surface area (Å²) in [7, 11) is 6.21. The molecule has 23 heavy (non-hydrogen) atoms. The lowest BCUT2D eigenvalue weighted by molar-refractivity contribution is -0.126. The molecule has 0 bridgehead atoms. The molecule has 1 N–H and O–H groups in total. The topological polar surface area (TPSA) is 38.8 Å². The molecule has 1 amide bonds. The van der Waals surface area contributed by atoms with Gasteiger partial charge in [0.2, 0.25) is 5.91 Å². The largest absolute Gasteiger partial charge is 0.377 e. The van der Waals surface area contributed by atoms with Gasteiger partial charge in [0.15, 0.2) is 0 Å². The van der Waals surface area contributed by atoms with Crippen LogP contribution in [-0.4, -0.2) is 69.1 Å². The molecule has 2 rings (SSSR count). The van der Waals surface area contributed by atoms with Crippen LogP contribution in [0.15, 0.2) is 18.2 Å². The van der Waals surface area contributed by atoms with Crippen molar-refractivity contribution >= 4 is 11.6 Å². The Hall–Kier alpha value is -1.59. The third-order valence-corrected chi connectivity index (χ3v) is 4.67. The molecule has 5 nitrogen and oxygen atoms in total. The summed E-state index contributed by atoms with van der Waals surface area (Å²) in [5, 5.41) is 3.08. The van der Waals surface area contributed by atoms with E-state index in [1.165, 1.54) is 11.3 Å². The molecule has 0 unspecified atom stereocenters. The predicted octanol–water partition coefficient (Wildman–Crippen LogP) is 1.31. The second kappa shape index (κ2) is 7.79. The van der Waals surface area contributed by atoms with Crippen LogP contribution in [0.1, 0.15) is 18.1 Å². The summed E-state index contributed by atoms with van der Waals surface area (Å²) >= 11 is 0. The fraction of sp³-hybridized carbons (Fsp3) is 0.611. The van der Waals surface area contributed by atoms with Crippen molar-refractivity contribution in [3.63, 3.8) is 0 Å². The van der Waals surface area contributed by atoms with E-state index in [-0.39, 0.29) is 11.9 Å². The van der Waals surface area contributed by atoms with Crippen LogP contribution in [-0.2, 0) is 11.3 Å². The summed E-state index contributed by atoms with van der Waals surface area (Å²) in [4.78, 5) is 19.0. The van der Waals surface area contributed by atoms with Crippen molar-refractivity contribution in [2.75, 3.05) is 52.2 Å². The Labute approximate surface area is 140 Å². The number of carbonyl (C=O) groups is 1. The van der Waals surface area contributed by atoms with E-state index in [1.807, 2.05) is 21.0 Å². The van der Waals surface area contributed by atoms with Crippen molar-refractivity contribution in [1.82, 2.24) is 15.1 Å². The lowest BCUT2D eigenvalue weighted by Gasteiger charge is -2.35. The zero-order chi connectivity index (χ0) is 17.0. The zero-order valence-electron chi connectivity index (χ0n) is 15.1. The Kier molecular flexibility index (Phi) is 6.02. The molecular formula is C18H30N4O. The SMILES string of the molecule is Cc1cc(CNC(=O)[C@H](C)N2CCN(C)CC2)ccc1N(C)C. The molecule has 1 aromatic rings. The standard InChI is InChI=1S/C18H30N4O/c1-14-12-16(6-7-17(14)20(3)4)13-19-18(23)15(2)22-10-8-21(5)9-11-22/h6-7,12,15H,8-11,13H2,1-5H3,(H,19,23)/t15-/m0/s1. The number of carbonyl (C=O) groups excluding carboxylic acids is 1. The van der Waals surface area contributed by atoms with E-state index >= 15 is 0 Å². The van der Waals surface area contributed by atoms with Crippen molar-refractivity contribution in [1.29, 1.82) is 0 Å². The number of amides is 1. The lowest BCUT2D eigenvalue weighted by Crippen LogP contribution is -2.52. The summed E-state index contributed by atoms with van der Waals surface area (Å²) < 4.78 is 0. The van der Waals surface area contributed by atoms with E-state index in [4.69, 9.17) is 0 Å². The van der Waals surface area contributed by atoms with Crippen LogP contribution in [0.25, 0.3) is 0 Å².